The van der Waals surface area contributed by atoms with Crippen LogP contribution in [0.25, 0.3) is 11.3 Å². The van der Waals surface area contributed by atoms with Crippen LogP contribution < -0.4 is 0 Å². The lowest BCUT2D eigenvalue weighted by Crippen LogP contribution is -2.13. The van der Waals surface area contributed by atoms with Crippen molar-refractivity contribution in [3.05, 3.63) is 74.9 Å². The zero-order valence-electron chi connectivity index (χ0n) is 14.6. The molecule has 0 spiro atoms. The van der Waals surface area contributed by atoms with E-state index < -0.39 is 104 Å². The molecule has 1 amide bonds. The van der Waals surface area contributed by atoms with Crippen LogP contribution in [-0.2, 0) is 0 Å². The lowest BCUT2D eigenvalue weighted by atomic mass is 9.98. The Balaban J connectivity index is 2.04. The van der Waals surface area contributed by atoms with Crippen LogP contribution in [0.1, 0.15) is 21.5 Å². The van der Waals surface area contributed by atoms with Crippen LogP contribution in [0.15, 0.2) is 4.99 Å². The van der Waals surface area contributed by atoms with E-state index in [9.17, 15) is 53.8 Å². The summed E-state index contributed by atoms with van der Waals surface area (Å²) in [7, 11) is 0. The summed E-state index contributed by atoms with van der Waals surface area (Å²) < 4.78 is 137. The molecule has 0 bridgehead atoms. The predicted octanol–water partition coefficient (Wildman–Crippen LogP) is 4.77. The Morgan fingerprint density at radius 2 is 0.906 bits per heavy atom. The number of fused-ring (bicyclic) bond motifs is 1. The van der Waals surface area contributed by atoms with E-state index in [4.69, 9.17) is 0 Å². The van der Waals surface area contributed by atoms with Gasteiger partial charge < -0.3 is 10.1 Å². The van der Waals surface area contributed by atoms with Crippen molar-refractivity contribution in [1.82, 2.24) is 4.98 Å². The van der Waals surface area contributed by atoms with Crippen molar-refractivity contribution in [3.8, 4) is 17.1 Å². The van der Waals surface area contributed by atoms with Gasteiger partial charge in [0.05, 0.1) is 33.7 Å². The summed E-state index contributed by atoms with van der Waals surface area (Å²) in [5.74, 6) is -27.6. The van der Waals surface area contributed by atoms with E-state index in [1.54, 1.807) is 4.98 Å². The molecule has 0 saturated heterocycles. The molecule has 0 atom stereocenters. The van der Waals surface area contributed by atoms with Crippen molar-refractivity contribution in [2.24, 2.45) is 4.99 Å². The summed E-state index contributed by atoms with van der Waals surface area (Å²) in [4.78, 5) is 17.0. The molecule has 0 unspecified atom stereocenters. The minimum Gasteiger partial charge on any atom is -0.494 e. The second-order valence-corrected chi connectivity index (χ2v) is 6.25. The van der Waals surface area contributed by atoms with Crippen LogP contribution in [0.4, 0.5) is 43.9 Å². The largest absolute Gasteiger partial charge is 0.494 e. The molecular formula is C18H2F10N2O2. The molecule has 1 aromatic heterocycles. The molecule has 0 aliphatic carbocycles. The Morgan fingerprint density at radius 3 is 1.34 bits per heavy atom. The highest BCUT2D eigenvalue weighted by Gasteiger charge is 2.40. The number of aromatic hydroxyl groups is 1. The number of benzene rings is 2. The van der Waals surface area contributed by atoms with Gasteiger partial charge >= 0.3 is 0 Å². The maximum absolute atomic E-state index is 14.2. The third kappa shape index (κ3) is 2.58. The zero-order chi connectivity index (χ0) is 23.8. The summed E-state index contributed by atoms with van der Waals surface area (Å²) >= 11 is 0. The smallest absolute Gasteiger partial charge is 0.280 e. The fraction of sp³-hybridized carbons (Fsp3) is 0. The fourth-order valence-corrected chi connectivity index (χ4v) is 3.15. The third-order valence-electron chi connectivity index (χ3n) is 4.55. The molecule has 4 rings (SSSR count). The minimum atomic E-state index is -2.55. The average Bonchev–Trinajstić information content (AvgIpc) is 3.27. The average molecular weight is 468 g/mol. The number of hydrogen-bond acceptors (Lipinski definition) is 2. The molecule has 4 nitrogen and oxygen atoms in total. The lowest BCUT2D eigenvalue weighted by molar-refractivity contribution is 0.101. The van der Waals surface area contributed by atoms with Crippen molar-refractivity contribution in [1.29, 1.82) is 0 Å². The molecule has 2 N–H and O–H groups in total. The van der Waals surface area contributed by atoms with Crippen molar-refractivity contribution in [2.45, 2.75) is 0 Å². The SMILES string of the molecule is O=C1N=C(c2c(F)c(F)c(F)c(F)c2F)c2c(O)[nH]c(-c3c(F)c(F)c(F)c(F)c3F)c21. The van der Waals surface area contributed by atoms with Gasteiger partial charge in [0, 0.05) is 0 Å². The highest BCUT2D eigenvalue weighted by atomic mass is 19.2. The number of amides is 1. The monoisotopic (exact) mass is 468 g/mol. The number of carbonyl (C=O) groups excluding carboxylic acids is 1. The van der Waals surface area contributed by atoms with Crippen molar-refractivity contribution >= 4 is 11.6 Å². The van der Waals surface area contributed by atoms with Gasteiger partial charge in [-0.1, -0.05) is 0 Å². The number of aliphatic imine (C=N–C) groups is 1. The Morgan fingerprint density at radius 1 is 0.531 bits per heavy atom. The van der Waals surface area contributed by atoms with Crippen molar-refractivity contribution in [3.63, 3.8) is 0 Å². The molecule has 0 fully saturated rings. The molecule has 3 aromatic rings. The van der Waals surface area contributed by atoms with Gasteiger partial charge in [0.2, 0.25) is 11.6 Å². The van der Waals surface area contributed by atoms with Crippen LogP contribution in [0.2, 0.25) is 0 Å². The number of nitrogens with one attached hydrogen (secondary N) is 1. The number of hydrogen-bond donors (Lipinski definition) is 2. The lowest BCUT2D eigenvalue weighted by Gasteiger charge is -2.08. The summed E-state index contributed by atoms with van der Waals surface area (Å²) in [6.45, 7) is 0. The summed E-state index contributed by atoms with van der Waals surface area (Å²) in [6, 6.07) is 0. The highest BCUT2D eigenvalue weighted by Crippen LogP contribution is 2.42. The number of nitrogens with zero attached hydrogens (tertiary/aromatic N) is 1. The Kier molecular flexibility index (Phi) is 4.57. The Hall–Kier alpha value is -3.84. The first-order valence-corrected chi connectivity index (χ1v) is 8.01. The van der Waals surface area contributed by atoms with E-state index in [0.29, 0.717) is 0 Å². The first kappa shape index (κ1) is 21.4. The Bertz CT molecular complexity index is 1350. The van der Waals surface area contributed by atoms with Crippen LogP contribution in [0.5, 0.6) is 5.88 Å². The number of aromatic amines is 1. The standard InChI is InChI=1S/C18H2F10N2O2/c19-5-3(6(20)10(24)13(27)9(5)23)15-1-2(18(32)29-15)16(30-17(1)31)4-7(21)11(25)14(28)12(26)8(4)22/h29,32H. The van der Waals surface area contributed by atoms with E-state index in [-0.39, 0.29) is 0 Å². The van der Waals surface area contributed by atoms with Gasteiger partial charge in [-0.25, -0.2) is 48.9 Å². The molecule has 1 aliphatic heterocycles. The third-order valence-corrected chi connectivity index (χ3v) is 4.55. The second-order valence-electron chi connectivity index (χ2n) is 6.25. The topological polar surface area (TPSA) is 65.4 Å². The molecule has 2 heterocycles. The number of carbonyl (C=O) groups is 1. The molecule has 0 radical (unpaired) electrons. The van der Waals surface area contributed by atoms with Gasteiger partial charge in [-0.05, 0) is 0 Å². The maximum atomic E-state index is 14.2. The van der Waals surface area contributed by atoms with Crippen molar-refractivity contribution in [2.75, 3.05) is 0 Å². The fourth-order valence-electron chi connectivity index (χ4n) is 3.15. The number of halogens is 10. The van der Waals surface area contributed by atoms with E-state index in [1.807, 2.05) is 0 Å². The molecular weight excluding hydrogens is 466 g/mol. The van der Waals surface area contributed by atoms with Crippen LogP contribution in [-0.4, -0.2) is 21.7 Å². The molecule has 0 saturated carbocycles. The predicted molar refractivity (Wildman–Crippen MR) is 83.9 cm³/mol. The number of aromatic nitrogens is 1. The number of H-pyrrole nitrogens is 1. The van der Waals surface area contributed by atoms with Gasteiger partial charge in [-0.3, -0.25) is 4.79 Å². The minimum absolute atomic E-state index is 1.09. The summed E-state index contributed by atoms with van der Waals surface area (Å²) in [5, 5.41) is 10.0. The molecule has 166 valence electrons. The first-order chi connectivity index (χ1) is 14.9. The van der Waals surface area contributed by atoms with Gasteiger partial charge in [0.15, 0.2) is 52.4 Å². The molecule has 14 heteroatoms. The number of rotatable bonds is 2. The first-order valence-electron chi connectivity index (χ1n) is 8.01. The van der Waals surface area contributed by atoms with Crippen LogP contribution in [0, 0.1) is 58.2 Å². The van der Waals surface area contributed by atoms with Crippen LogP contribution >= 0.6 is 0 Å². The van der Waals surface area contributed by atoms with Crippen molar-refractivity contribution < 1.29 is 53.8 Å². The normalized spacial score (nSPS) is 13.1. The van der Waals surface area contributed by atoms with Gasteiger partial charge in [-0.2, -0.15) is 0 Å². The summed E-state index contributed by atoms with van der Waals surface area (Å²) in [6.07, 6.45) is 0. The Labute approximate surface area is 168 Å². The quantitative estimate of drug-likeness (QED) is 0.324. The molecule has 1 aliphatic rings. The van der Waals surface area contributed by atoms with E-state index >= 15 is 0 Å². The van der Waals surface area contributed by atoms with Gasteiger partial charge in [0.25, 0.3) is 5.91 Å². The molecule has 2 aromatic carbocycles. The van der Waals surface area contributed by atoms with Gasteiger partial charge in [-0.15, -0.1) is 0 Å². The van der Waals surface area contributed by atoms with E-state index in [1.165, 1.54) is 0 Å². The van der Waals surface area contributed by atoms with E-state index in [0.717, 1.165) is 0 Å². The van der Waals surface area contributed by atoms with Gasteiger partial charge in [0.1, 0.15) is 0 Å². The second kappa shape index (κ2) is 6.83. The van der Waals surface area contributed by atoms with Crippen LogP contribution in [0.3, 0.4) is 0 Å². The maximum Gasteiger partial charge on any atom is 0.280 e. The zero-order valence-corrected chi connectivity index (χ0v) is 14.6. The highest BCUT2D eigenvalue weighted by molar-refractivity contribution is 6.30. The van der Waals surface area contributed by atoms with E-state index in [2.05, 4.69) is 4.99 Å². The molecule has 32 heavy (non-hydrogen) atoms. The summed E-state index contributed by atoms with van der Waals surface area (Å²) in [5.41, 5.74) is -8.30.